The Bertz CT molecular complexity index is 1620. The second-order valence-electron chi connectivity index (χ2n) is 7.16. The lowest BCUT2D eigenvalue weighted by atomic mass is 10.1. The summed E-state index contributed by atoms with van der Waals surface area (Å²) in [6, 6.07) is 18.9. The average molecular weight is 473 g/mol. The molecule has 0 saturated carbocycles. The second kappa shape index (κ2) is 8.33. The van der Waals surface area contributed by atoms with E-state index in [2.05, 4.69) is 25.0 Å². The zero-order valence-electron chi connectivity index (χ0n) is 17.3. The summed E-state index contributed by atoms with van der Waals surface area (Å²) in [7, 11) is -4.16. The molecule has 3 heterocycles. The molecule has 168 valence electrons. The Morgan fingerprint density at radius 3 is 2.32 bits per heavy atom. The van der Waals surface area contributed by atoms with Gasteiger partial charge in [-0.1, -0.05) is 24.3 Å². The van der Waals surface area contributed by atoms with Gasteiger partial charge in [0.2, 0.25) is 0 Å². The number of pyridine rings is 1. The van der Waals surface area contributed by atoms with E-state index >= 15 is 0 Å². The fraction of sp³-hybridized carbons (Fsp3) is 0. The van der Waals surface area contributed by atoms with Crippen LogP contribution in [0, 0.1) is 10.1 Å². The molecule has 0 unspecified atom stereocenters. The third-order valence-electron chi connectivity index (χ3n) is 4.99. The molecule has 11 nitrogen and oxygen atoms in total. The molecule has 0 bridgehead atoms. The highest BCUT2D eigenvalue weighted by Crippen LogP contribution is 2.27. The van der Waals surface area contributed by atoms with Gasteiger partial charge < -0.3 is 0 Å². The van der Waals surface area contributed by atoms with Crippen molar-refractivity contribution in [3.63, 3.8) is 0 Å². The van der Waals surface area contributed by atoms with E-state index in [9.17, 15) is 18.5 Å². The first-order chi connectivity index (χ1) is 16.4. The van der Waals surface area contributed by atoms with Crippen molar-refractivity contribution in [2.24, 2.45) is 0 Å². The molecular formula is C22H15N7O4S. The monoisotopic (exact) mass is 473 g/mol. The maximum atomic E-state index is 12.7. The number of sulfonamides is 1. The van der Waals surface area contributed by atoms with Gasteiger partial charge in [-0.3, -0.25) is 19.8 Å². The molecule has 5 rings (SSSR count). The minimum atomic E-state index is -4.16. The highest BCUT2D eigenvalue weighted by molar-refractivity contribution is 7.92. The van der Waals surface area contributed by atoms with E-state index in [-0.39, 0.29) is 5.69 Å². The predicted octanol–water partition coefficient (Wildman–Crippen LogP) is 3.56. The summed E-state index contributed by atoms with van der Waals surface area (Å²) in [5.41, 5.74) is 2.49. The van der Waals surface area contributed by atoms with Crippen molar-refractivity contribution in [1.82, 2.24) is 24.8 Å². The predicted molar refractivity (Wildman–Crippen MR) is 123 cm³/mol. The Labute approximate surface area is 192 Å². The first-order valence-corrected chi connectivity index (χ1v) is 11.4. The molecule has 0 aliphatic rings. The van der Waals surface area contributed by atoms with Crippen LogP contribution in [0.4, 0.5) is 11.4 Å². The molecule has 12 heteroatoms. The first-order valence-electron chi connectivity index (χ1n) is 9.92. The molecule has 34 heavy (non-hydrogen) atoms. The molecule has 0 fully saturated rings. The largest absolute Gasteiger partial charge is 0.289 e. The van der Waals surface area contributed by atoms with E-state index in [1.807, 2.05) is 12.1 Å². The highest BCUT2D eigenvalue weighted by Gasteiger charge is 2.25. The molecule has 2 aromatic carbocycles. The summed E-state index contributed by atoms with van der Waals surface area (Å²) in [5.74, 6) is 0.563. The van der Waals surface area contributed by atoms with Crippen molar-refractivity contribution in [2.75, 3.05) is 4.72 Å². The van der Waals surface area contributed by atoms with Crippen LogP contribution in [0.1, 0.15) is 0 Å². The number of hydrogen-bond donors (Lipinski definition) is 1. The number of anilines is 1. The minimum Gasteiger partial charge on any atom is -0.279 e. The van der Waals surface area contributed by atoms with Crippen LogP contribution in [0.5, 0.6) is 0 Å². The Hall–Kier alpha value is -4.71. The minimum absolute atomic E-state index is 0.254. The SMILES string of the molecule is O=[N+]([O-])c1ccccc1S(=O)(=O)Nc1ccc(-c2ccc3nnc(-c4ccncc4)n3n2)cc1. The highest BCUT2D eigenvalue weighted by atomic mass is 32.2. The Kier molecular flexibility index (Phi) is 5.18. The molecule has 0 radical (unpaired) electrons. The normalized spacial score (nSPS) is 11.4. The summed E-state index contributed by atoms with van der Waals surface area (Å²) < 4.78 is 29.4. The van der Waals surface area contributed by atoms with Gasteiger partial charge in [0.15, 0.2) is 16.4 Å². The number of para-hydroxylation sites is 1. The third-order valence-corrected chi connectivity index (χ3v) is 6.41. The summed E-state index contributed by atoms with van der Waals surface area (Å²) >= 11 is 0. The molecule has 1 N–H and O–H groups in total. The van der Waals surface area contributed by atoms with E-state index in [0.717, 1.165) is 17.2 Å². The van der Waals surface area contributed by atoms with Crippen molar-refractivity contribution in [3.05, 3.63) is 95.3 Å². The van der Waals surface area contributed by atoms with Crippen molar-refractivity contribution in [2.45, 2.75) is 4.90 Å². The summed E-state index contributed by atoms with van der Waals surface area (Å²) in [4.78, 5) is 14.1. The van der Waals surface area contributed by atoms with Crippen LogP contribution in [0.25, 0.3) is 28.3 Å². The van der Waals surface area contributed by atoms with E-state index < -0.39 is 25.5 Å². The number of rotatable bonds is 6. The molecule has 0 aliphatic carbocycles. The Balaban J connectivity index is 1.44. The fourth-order valence-corrected chi connectivity index (χ4v) is 4.61. The fourth-order valence-electron chi connectivity index (χ4n) is 3.38. The molecule has 3 aromatic heterocycles. The van der Waals surface area contributed by atoms with Gasteiger partial charge >= 0.3 is 0 Å². The standard InChI is InChI=1S/C22H15N7O4S/c30-29(31)19-3-1-2-4-20(19)34(32,33)27-17-7-5-15(6-8-17)18-9-10-21-24-25-22(28(21)26-18)16-11-13-23-14-12-16/h1-14,27H. The summed E-state index contributed by atoms with van der Waals surface area (Å²) in [6.07, 6.45) is 3.31. The van der Waals surface area contributed by atoms with Crippen LogP contribution in [-0.2, 0) is 10.0 Å². The van der Waals surface area contributed by atoms with E-state index in [1.165, 1.54) is 18.2 Å². The molecule has 0 saturated heterocycles. The summed E-state index contributed by atoms with van der Waals surface area (Å²) in [6.45, 7) is 0. The topological polar surface area (TPSA) is 145 Å². The lowest BCUT2D eigenvalue weighted by molar-refractivity contribution is -0.387. The number of nitro benzene ring substituents is 1. The molecule has 0 atom stereocenters. The smallest absolute Gasteiger partial charge is 0.279 e. The number of aromatic nitrogens is 5. The zero-order chi connectivity index (χ0) is 23.7. The van der Waals surface area contributed by atoms with Crippen LogP contribution in [0.3, 0.4) is 0 Å². The Morgan fingerprint density at radius 1 is 0.853 bits per heavy atom. The third kappa shape index (κ3) is 3.93. The molecule has 0 spiro atoms. The number of nitrogens with zero attached hydrogens (tertiary/aromatic N) is 6. The van der Waals surface area contributed by atoms with Crippen LogP contribution >= 0.6 is 0 Å². The zero-order valence-corrected chi connectivity index (χ0v) is 18.1. The van der Waals surface area contributed by atoms with Gasteiger partial charge in [-0.15, -0.1) is 10.2 Å². The van der Waals surface area contributed by atoms with Gasteiger partial charge in [0, 0.05) is 35.3 Å². The molecule has 0 amide bonds. The van der Waals surface area contributed by atoms with Gasteiger partial charge in [0.05, 0.1) is 10.6 Å². The van der Waals surface area contributed by atoms with E-state index in [0.29, 0.717) is 17.2 Å². The maximum absolute atomic E-state index is 12.7. The second-order valence-corrected chi connectivity index (χ2v) is 8.81. The number of fused-ring (bicyclic) bond motifs is 1. The number of nitrogens with one attached hydrogen (secondary N) is 1. The van der Waals surface area contributed by atoms with Crippen molar-refractivity contribution in [1.29, 1.82) is 0 Å². The van der Waals surface area contributed by atoms with Crippen LogP contribution in [-0.4, -0.2) is 38.1 Å². The van der Waals surface area contributed by atoms with Crippen molar-refractivity contribution < 1.29 is 13.3 Å². The van der Waals surface area contributed by atoms with E-state index in [1.54, 1.807) is 53.3 Å². The Morgan fingerprint density at radius 2 is 1.59 bits per heavy atom. The lowest BCUT2D eigenvalue weighted by Gasteiger charge is -2.09. The quantitative estimate of drug-likeness (QED) is 0.291. The van der Waals surface area contributed by atoms with Gasteiger partial charge in [-0.05, 0) is 42.5 Å². The van der Waals surface area contributed by atoms with Gasteiger partial charge in [0.1, 0.15) is 0 Å². The lowest BCUT2D eigenvalue weighted by Crippen LogP contribution is -2.14. The summed E-state index contributed by atoms with van der Waals surface area (Å²) in [5, 5.41) is 24.2. The number of hydrogen-bond acceptors (Lipinski definition) is 8. The van der Waals surface area contributed by atoms with Crippen molar-refractivity contribution >= 4 is 27.0 Å². The first kappa shape index (κ1) is 21.2. The van der Waals surface area contributed by atoms with Crippen LogP contribution in [0.15, 0.2) is 90.1 Å². The number of benzene rings is 2. The average Bonchev–Trinajstić information content (AvgIpc) is 3.28. The molecule has 5 aromatic rings. The molecular weight excluding hydrogens is 458 g/mol. The van der Waals surface area contributed by atoms with Crippen molar-refractivity contribution in [3.8, 4) is 22.6 Å². The molecule has 0 aliphatic heterocycles. The van der Waals surface area contributed by atoms with Gasteiger partial charge in [-0.2, -0.15) is 9.61 Å². The maximum Gasteiger partial charge on any atom is 0.289 e. The van der Waals surface area contributed by atoms with Gasteiger partial charge in [0.25, 0.3) is 15.7 Å². The van der Waals surface area contributed by atoms with Crippen LogP contribution < -0.4 is 4.72 Å². The van der Waals surface area contributed by atoms with Crippen LogP contribution in [0.2, 0.25) is 0 Å². The number of nitro groups is 1. The van der Waals surface area contributed by atoms with E-state index in [4.69, 9.17) is 0 Å². The van der Waals surface area contributed by atoms with Gasteiger partial charge in [-0.25, -0.2) is 8.42 Å².